The van der Waals surface area contributed by atoms with E-state index >= 15 is 0 Å². The van der Waals surface area contributed by atoms with Gasteiger partial charge in [-0.2, -0.15) is 0 Å². The fraction of sp³-hybridized carbons (Fsp3) is 0.722. The number of aliphatic hydroxyl groups excluding tert-OH is 2. The summed E-state index contributed by atoms with van der Waals surface area (Å²) in [5.41, 5.74) is 5.55. The van der Waals surface area contributed by atoms with Crippen LogP contribution in [0.4, 0.5) is 0 Å². The van der Waals surface area contributed by atoms with E-state index in [0.717, 1.165) is 6.92 Å². The summed E-state index contributed by atoms with van der Waals surface area (Å²) in [5, 5.41) is 43.6. The predicted octanol–water partition coefficient (Wildman–Crippen LogP) is -2.86. The molecule has 9 N–H and O–H groups in total. The molecule has 0 aromatic rings. The highest BCUT2D eigenvalue weighted by molar-refractivity contribution is 5.95. The molecule has 0 aliphatic heterocycles. The average Bonchev–Trinajstić information content (AvgIpc) is 2.62. The van der Waals surface area contributed by atoms with Crippen LogP contribution in [0.2, 0.25) is 0 Å². The molecule has 13 heteroatoms. The Labute approximate surface area is 179 Å². The number of amides is 3. The van der Waals surface area contributed by atoms with Crippen molar-refractivity contribution in [3.05, 3.63) is 0 Å². The normalized spacial score (nSPS) is 16.9. The van der Waals surface area contributed by atoms with Crippen LogP contribution in [0, 0.1) is 5.92 Å². The first-order valence-electron chi connectivity index (χ1n) is 9.64. The van der Waals surface area contributed by atoms with Crippen molar-refractivity contribution in [1.29, 1.82) is 0 Å². The highest BCUT2D eigenvalue weighted by Crippen LogP contribution is 2.07. The number of aliphatic carboxylic acids is 2. The topological polar surface area (TPSA) is 228 Å². The first kappa shape index (κ1) is 28.2. The van der Waals surface area contributed by atoms with Crippen LogP contribution in [-0.2, 0) is 24.0 Å². The van der Waals surface area contributed by atoms with Crippen LogP contribution < -0.4 is 21.7 Å². The molecule has 0 saturated heterocycles. The van der Waals surface area contributed by atoms with Gasteiger partial charge in [-0.1, -0.05) is 13.8 Å². The summed E-state index contributed by atoms with van der Waals surface area (Å²) in [7, 11) is 0. The summed E-state index contributed by atoms with van der Waals surface area (Å²) < 4.78 is 0. The summed E-state index contributed by atoms with van der Waals surface area (Å²) in [6.45, 7) is 5.91. The van der Waals surface area contributed by atoms with Gasteiger partial charge in [-0.25, -0.2) is 4.79 Å². The van der Waals surface area contributed by atoms with Crippen LogP contribution >= 0.6 is 0 Å². The molecule has 0 bridgehead atoms. The third-order valence-corrected chi connectivity index (χ3v) is 4.22. The molecular weight excluding hydrogens is 416 g/mol. The number of carbonyl (C=O) groups excluding carboxylic acids is 3. The van der Waals surface area contributed by atoms with Crippen molar-refractivity contribution < 1.29 is 44.4 Å². The fourth-order valence-corrected chi connectivity index (χ4v) is 2.49. The summed E-state index contributed by atoms with van der Waals surface area (Å²) in [5.74, 6) is -5.97. The number of hydrogen-bond donors (Lipinski definition) is 8. The minimum absolute atomic E-state index is 0.0998. The van der Waals surface area contributed by atoms with E-state index in [4.69, 9.17) is 15.9 Å². The molecule has 31 heavy (non-hydrogen) atoms. The van der Waals surface area contributed by atoms with Crippen LogP contribution in [0.25, 0.3) is 0 Å². The van der Waals surface area contributed by atoms with Crippen LogP contribution in [0.5, 0.6) is 0 Å². The van der Waals surface area contributed by atoms with Gasteiger partial charge in [0.2, 0.25) is 17.7 Å². The van der Waals surface area contributed by atoms with Crippen molar-refractivity contribution in [2.24, 2.45) is 11.7 Å². The Kier molecular flexibility index (Phi) is 11.7. The second-order valence-electron chi connectivity index (χ2n) is 7.68. The Balaban J connectivity index is 5.54. The number of nitrogens with one attached hydrogen (secondary N) is 3. The molecule has 6 atom stereocenters. The van der Waals surface area contributed by atoms with Gasteiger partial charge in [0.15, 0.2) is 6.04 Å². The maximum atomic E-state index is 12.7. The number of carboxylic acid groups (broad SMARTS) is 2. The van der Waals surface area contributed by atoms with Crippen LogP contribution in [0.1, 0.15) is 40.5 Å². The standard InChI is InChI=1S/C18H32N4O9/c1-7(2)5-10(21-17(29)13(19)8(3)23)15(27)20-11(6-12(25)26)16(28)22-14(9(4)24)18(30)31/h7-11,13-14,23-24H,5-6,19H2,1-4H3,(H,20,27)(H,21,29)(H,22,28)(H,25,26)(H,30,31). The number of aliphatic hydroxyl groups is 2. The third-order valence-electron chi connectivity index (χ3n) is 4.22. The van der Waals surface area contributed by atoms with Crippen LogP contribution in [0.3, 0.4) is 0 Å². The van der Waals surface area contributed by atoms with Crippen molar-refractivity contribution >= 4 is 29.7 Å². The number of nitrogens with two attached hydrogens (primary N) is 1. The van der Waals surface area contributed by atoms with E-state index in [-0.39, 0.29) is 12.3 Å². The molecule has 0 aliphatic carbocycles. The van der Waals surface area contributed by atoms with E-state index in [1.54, 1.807) is 13.8 Å². The lowest BCUT2D eigenvalue weighted by Crippen LogP contribution is -2.59. The Hall–Kier alpha value is -2.77. The number of rotatable bonds is 13. The van der Waals surface area contributed by atoms with Crippen LogP contribution in [-0.4, -0.2) is 86.5 Å². The molecular formula is C18H32N4O9. The Morgan fingerprint density at radius 3 is 1.65 bits per heavy atom. The molecule has 0 rings (SSSR count). The minimum atomic E-state index is -1.73. The summed E-state index contributed by atoms with van der Waals surface area (Å²) >= 11 is 0. The quantitative estimate of drug-likeness (QED) is 0.144. The highest BCUT2D eigenvalue weighted by atomic mass is 16.4. The van der Waals surface area contributed by atoms with Gasteiger partial charge in [0, 0.05) is 0 Å². The predicted molar refractivity (Wildman–Crippen MR) is 106 cm³/mol. The second kappa shape index (κ2) is 12.8. The monoisotopic (exact) mass is 448 g/mol. The van der Waals surface area contributed by atoms with Crippen molar-refractivity contribution in [3.63, 3.8) is 0 Å². The third kappa shape index (κ3) is 10.2. The van der Waals surface area contributed by atoms with Crippen molar-refractivity contribution in [2.75, 3.05) is 0 Å². The van der Waals surface area contributed by atoms with E-state index in [1.807, 2.05) is 5.32 Å². The second-order valence-corrected chi connectivity index (χ2v) is 7.68. The zero-order valence-corrected chi connectivity index (χ0v) is 17.9. The first-order chi connectivity index (χ1) is 14.2. The number of hydrogen-bond acceptors (Lipinski definition) is 8. The van der Waals surface area contributed by atoms with Gasteiger partial charge in [0.05, 0.1) is 18.6 Å². The molecule has 0 aromatic carbocycles. The molecule has 0 saturated carbocycles. The zero-order valence-electron chi connectivity index (χ0n) is 17.9. The Morgan fingerprint density at radius 1 is 0.774 bits per heavy atom. The summed E-state index contributed by atoms with van der Waals surface area (Å²) in [6, 6.07) is -5.92. The Morgan fingerprint density at radius 2 is 1.26 bits per heavy atom. The van der Waals surface area contributed by atoms with Gasteiger partial charge in [0.25, 0.3) is 0 Å². The van der Waals surface area contributed by atoms with E-state index in [0.29, 0.717) is 0 Å². The number of carboxylic acids is 2. The van der Waals surface area contributed by atoms with Crippen LogP contribution in [0.15, 0.2) is 0 Å². The maximum absolute atomic E-state index is 12.7. The van der Waals surface area contributed by atoms with E-state index < -0.39 is 72.5 Å². The molecule has 0 radical (unpaired) electrons. The summed E-state index contributed by atoms with van der Waals surface area (Å²) in [4.78, 5) is 59.5. The number of carbonyl (C=O) groups is 5. The maximum Gasteiger partial charge on any atom is 0.328 e. The van der Waals surface area contributed by atoms with E-state index in [1.165, 1.54) is 6.92 Å². The minimum Gasteiger partial charge on any atom is -0.481 e. The van der Waals surface area contributed by atoms with Crippen molar-refractivity contribution in [1.82, 2.24) is 16.0 Å². The lowest BCUT2D eigenvalue weighted by atomic mass is 10.0. The lowest BCUT2D eigenvalue weighted by Gasteiger charge is -2.26. The van der Waals surface area contributed by atoms with Gasteiger partial charge in [-0.05, 0) is 26.2 Å². The van der Waals surface area contributed by atoms with E-state index in [2.05, 4.69) is 10.6 Å². The largest absolute Gasteiger partial charge is 0.481 e. The molecule has 3 amide bonds. The molecule has 0 heterocycles. The molecule has 6 unspecified atom stereocenters. The van der Waals surface area contributed by atoms with Crippen molar-refractivity contribution in [2.45, 2.75) is 76.9 Å². The molecule has 178 valence electrons. The molecule has 13 nitrogen and oxygen atoms in total. The molecule has 0 aliphatic rings. The molecule has 0 fully saturated rings. The van der Waals surface area contributed by atoms with Gasteiger partial charge < -0.3 is 42.1 Å². The lowest BCUT2D eigenvalue weighted by molar-refractivity contribution is -0.146. The molecule has 0 aromatic heterocycles. The van der Waals surface area contributed by atoms with Gasteiger partial charge >= 0.3 is 11.9 Å². The summed E-state index contributed by atoms with van der Waals surface area (Å²) in [6.07, 6.45) is -3.45. The molecule has 0 spiro atoms. The smallest absolute Gasteiger partial charge is 0.328 e. The Bertz CT molecular complexity index is 666. The highest BCUT2D eigenvalue weighted by Gasteiger charge is 2.33. The first-order valence-corrected chi connectivity index (χ1v) is 9.64. The van der Waals surface area contributed by atoms with E-state index in [9.17, 15) is 34.2 Å². The average molecular weight is 448 g/mol. The zero-order chi connectivity index (χ0) is 24.5. The van der Waals surface area contributed by atoms with Crippen molar-refractivity contribution in [3.8, 4) is 0 Å². The van der Waals surface area contributed by atoms with Gasteiger partial charge in [-0.3, -0.25) is 19.2 Å². The van der Waals surface area contributed by atoms with Gasteiger partial charge in [0.1, 0.15) is 18.1 Å². The SMILES string of the molecule is CC(C)CC(NC(=O)C(N)C(C)O)C(=O)NC(CC(=O)O)C(=O)NC(C(=O)O)C(C)O. The van der Waals surface area contributed by atoms with Gasteiger partial charge in [-0.15, -0.1) is 0 Å². The fourth-order valence-electron chi connectivity index (χ4n) is 2.49.